The van der Waals surface area contributed by atoms with Crippen LogP contribution in [0.15, 0.2) is 6.20 Å². The first-order chi connectivity index (χ1) is 6.88. The molecule has 3 heterocycles. The molecular weight excluding hydrogens is 216 g/mol. The number of halogens is 1. The second-order valence-corrected chi connectivity index (χ2v) is 5.47. The molecule has 2 nitrogen and oxygen atoms in total. The average Bonchev–Trinajstić information content (AvgIpc) is 2.91. The molecule has 0 N–H and O–H groups in total. The highest BCUT2D eigenvalue weighted by Gasteiger charge is 2.40. The molecule has 0 unspecified atom stereocenters. The van der Waals surface area contributed by atoms with Gasteiger partial charge in [-0.2, -0.15) is 0 Å². The molecule has 0 aromatic carbocycles. The summed E-state index contributed by atoms with van der Waals surface area (Å²) in [5.41, 5.74) is 0. The summed E-state index contributed by atoms with van der Waals surface area (Å²) in [6, 6.07) is 1.55. The van der Waals surface area contributed by atoms with Crippen molar-refractivity contribution in [3.8, 4) is 0 Å². The summed E-state index contributed by atoms with van der Waals surface area (Å²) in [7, 11) is 0. The zero-order valence-electron chi connectivity index (χ0n) is 7.95. The molecule has 2 aliphatic heterocycles. The van der Waals surface area contributed by atoms with Crippen molar-refractivity contribution < 1.29 is 0 Å². The highest BCUT2D eigenvalue weighted by molar-refractivity contribution is 7.15. The summed E-state index contributed by atoms with van der Waals surface area (Å²) in [4.78, 5) is 8.19. The average molecular weight is 229 g/mol. The molecule has 76 valence electrons. The molecule has 14 heavy (non-hydrogen) atoms. The first-order valence-corrected chi connectivity index (χ1v) is 6.52. The number of rotatable bonds is 2. The summed E-state index contributed by atoms with van der Waals surface area (Å²) >= 11 is 7.55. The van der Waals surface area contributed by atoms with Crippen LogP contribution in [-0.2, 0) is 5.88 Å². The molecule has 2 bridgehead atoms. The topological polar surface area (TPSA) is 16.1 Å². The molecule has 1 aromatic heterocycles. The minimum atomic E-state index is 0.598. The van der Waals surface area contributed by atoms with Gasteiger partial charge in [0.05, 0.1) is 5.88 Å². The normalized spacial score (nSPS) is 30.2. The number of anilines is 1. The van der Waals surface area contributed by atoms with Crippen LogP contribution in [0, 0.1) is 0 Å². The summed E-state index contributed by atoms with van der Waals surface area (Å²) in [5.74, 6) is 0.598. The van der Waals surface area contributed by atoms with Crippen molar-refractivity contribution in [3.63, 3.8) is 0 Å². The van der Waals surface area contributed by atoms with Gasteiger partial charge in [-0.05, 0) is 25.7 Å². The largest absolute Gasteiger partial charge is 0.342 e. The van der Waals surface area contributed by atoms with Crippen molar-refractivity contribution in [1.82, 2.24) is 4.98 Å². The molecular formula is C10H13ClN2S. The van der Waals surface area contributed by atoms with E-state index in [1.54, 1.807) is 11.3 Å². The Kier molecular flexibility index (Phi) is 2.17. The van der Waals surface area contributed by atoms with Crippen molar-refractivity contribution in [2.45, 2.75) is 43.6 Å². The van der Waals surface area contributed by atoms with Gasteiger partial charge in [-0.1, -0.05) is 0 Å². The van der Waals surface area contributed by atoms with E-state index in [1.165, 1.54) is 35.7 Å². The van der Waals surface area contributed by atoms with Crippen molar-refractivity contribution in [2.24, 2.45) is 0 Å². The molecule has 0 radical (unpaired) electrons. The lowest BCUT2D eigenvalue weighted by Crippen LogP contribution is -2.27. The Bertz CT molecular complexity index is 319. The molecule has 0 saturated carbocycles. The number of hydrogen-bond donors (Lipinski definition) is 0. The van der Waals surface area contributed by atoms with E-state index < -0.39 is 0 Å². The maximum absolute atomic E-state index is 5.79. The van der Waals surface area contributed by atoms with Gasteiger partial charge in [0, 0.05) is 23.2 Å². The lowest BCUT2D eigenvalue weighted by molar-refractivity contribution is 0.576. The third-order valence-electron chi connectivity index (χ3n) is 3.35. The van der Waals surface area contributed by atoms with Crippen molar-refractivity contribution >= 4 is 28.1 Å². The van der Waals surface area contributed by atoms with E-state index in [0.29, 0.717) is 5.88 Å². The molecule has 0 spiro atoms. The van der Waals surface area contributed by atoms with Crippen molar-refractivity contribution in [1.29, 1.82) is 0 Å². The number of aromatic nitrogens is 1. The Morgan fingerprint density at radius 2 is 2.00 bits per heavy atom. The molecule has 1 aromatic rings. The van der Waals surface area contributed by atoms with E-state index in [0.717, 1.165) is 12.1 Å². The van der Waals surface area contributed by atoms with Gasteiger partial charge in [0.2, 0.25) is 0 Å². The van der Waals surface area contributed by atoms with Gasteiger partial charge >= 0.3 is 0 Å². The number of nitrogens with zero attached hydrogens (tertiary/aromatic N) is 2. The molecule has 2 fully saturated rings. The summed E-state index contributed by atoms with van der Waals surface area (Å²) < 4.78 is 0. The summed E-state index contributed by atoms with van der Waals surface area (Å²) in [5, 5.41) is 1.20. The van der Waals surface area contributed by atoms with Gasteiger partial charge in [0.25, 0.3) is 0 Å². The lowest BCUT2D eigenvalue weighted by atomic mass is 10.0. The maximum atomic E-state index is 5.79. The molecule has 0 amide bonds. The minimum absolute atomic E-state index is 0.598. The van der Waals surface area contributed by atoms with Crippen LogP contribution in [0.25, 0.3) is 0 Å². The lowest BCUT2D eigenvalue weighted by Gasteiger charge is -2.20. The Labute approximate surface area is 92.9 Å². The van der Waals surface area contributed by atoms with E-state index in [-0.39, 0.29) is 0 Å². The van der Waals surface area contributed by atoms with Crippen LogP contribution in [0.1, 0.15) is 30.6 Å². The minimum Gasteiger partial charge on any atom is -0.342 e. The molecule has 0 aliphatic carbocycles. The van der Waals surface area contributed by atoms with Gasteiger partial charge in [-0.25, -0.2) is 4.98 Å². The third-order valence-corrected chi connectivity index (χ3v) is 4.80. The Balaban J connectivity index is 1.88. The standard InChI is InChI=1S/C10H13ClN2S/c11-5-9-6-12-10(14-9)13-7-1-2-8(13)4-3-7/h6-8H,1-5H2. The smallest absolute Gasteiger partial charge is 0.186 e. The SMILES string of the molecule is ClCc1cnc(N2C3CCC2CC3)s1. The van der Waals surface area contributed by atoms with E-state index in [2.05, 4.69) is 9.88 Å². The van der Waals surface area contributed by atoms with Crippen LogP contribution in [0.4, 0.5) is 5.13 Å². The number of alkyl halides is 1. The Hall–Kier alpha value is -0.280. The highest BCUT2D eigenvalue weighted by Crippen LogP contribution is 2.42. The molecule has 2 aliphatic rings. The van der Waals surface area contributed by atoms with Crippen LogP contribution in [0.3, 0.4) is 0 Å². The zero-order chi connectivity index (χ0) is 9.54. The maximum Gasteiger partial charge on any atom is 0.186 e. The van der Waals surface area contributed by atoms with Gasteiger partial charge in [0.15, 0.2) is 5.13 Å². The fourth-order valence-electron chi connectivity index (χ4n) is 2.70. The van der Waals surface area contributed by atoms with Gasteiger partial charge in [-0.15, -0.1) is 22.9 Å². The van der Waals surface area contributed by atoms with Crippen LogP contribution in [0.5, 0.6) is 0 Å². The van der Waals surface area contributed by atoms with E-state index in [4.69, 9.17) is 11.6 Å². The summed E-state index contributed by atoms with van der Waals surface area (Å²) in [6.45, 7) is 0. The Morgan fingerprint density at radius 1 is 1.36 bits per heavy atom. The summed E-state index contributed by atoms with van der Waals surface area (Å²) in [6.07, 6.45) is 7.37. The number of fused-ring (bicyclic) bond motifs is 2. The first-order valence-electron chi connectivity index (χ1n) is 5.17. The second-order valence-electron chi connectivity index (χ2n) is 4.11. The Morgan fingerprint density at radius 3 is 2.50 bits per heavy atom. The van der Waals surface area contributed by atoms with E-state index in [9.17, 15) is 0 Å². The van der Waals surface area contributed by atoms with Gasteiger partial charge < -0.3 is 4.90 Å². The van der Waals surface area contributed by atoms with Crippen LogP contribution < -0.4 is 4.90 Å². The molecule has 2 saturated heterocycles. The van der Waals surface area contributed by atoms with Gasteiger partial charge in [0.1, 0.15) is 0 Å². The van der Waals surface area contributed by atoms with E-state index >= 15 is 0 Å². The molecule has 3 rings (SSSR count). The van der Waals surface area contributed by atoms with Crippen molar-refractivity contribution in [3.05, 3.63) is 11.1 Å². The third kappa shape index (κ3) is 1.26. The quantitative estimate of drug-likeness (QED) is 0.724. The number of hydrogen-bond acceptors (Lipinski definition) is 3. The monoisotopic (exact) mass is 228 g/mol. The molecule has 0 atom stereocenters. The first kappa shape index (κ1) is 8.98. The second kappa shape index (κ2) is 3.38. The fourth-order valence-corrected chi connectivity index (χ4v) is 3.84. The fraction of sp³-hybridized carbons (Fsp3) is 0.700. The van der Waals surface area contributed by atoms with Crippen LogP contribution in [0.2, 0.25) is 0 Å². The van der Waals surface area contributed by atoms with Gasteiger partial charge in [-0.3, -0.25) is 0 Å². The predicted molar refractivity (Wildman–Crippen MR) is 60.2 cm³/mol. The van der Waals surface area contributed by atoms with Crippen LogP contribution in [-0.4, -0.2) is 17.1 Å². The highest BCUT2D eigenvalue weighted by atomic mass is 35.5. The zero-order valence-corrected chi connectivity index (χ0v) is 9.52. The van der Waals surface area contributed by atoms with Crippen molar-refractivity contribution in [2.75, 3.05) is 4.90 Å². The molecule has 4 heteroatoms. The van der Waals surface area contributed by atoms with E-state index in [1.807, 2.05) is 6.20 Å². The number of thiazole rings is 1. The predicted octanol–water partition coefficient (Wildman–Crippen LogP) is 3.01. The van der Waals surface area contributed by atoms with Crippen LogP contribution >= 0.6 is 22.9 Å².